The summed E-state index contributed by atoms with van der Waals surface area (Å²) in [4.78, 5) is 16.1. The highest BCUT2D eigenvalue weighted by atomic mass is 35.5. The van der Waals surface area contributed by atoms with Crippen molar-refractivity contribution in [1.82, 2.24) is 4.98 Å². The van der Waals surface area contributed by atoms with Gasteiger partial charge in [-0.1, -0.05) is 17.7 Å². The number of methoxy groups -OCH3 is 1. The van der Waals surface area contributed by atoms with E-state index < -0.39 is 17.4 Å². The summed E-state index contributed by atoms with van der Waals surface area (Å²) in [5.74, 6) is -1.53. The zero-order chi connectivity index (χ0) is 18.7. The molecule has 0 aliphatic carbocycles. The van der Waals surface area contributed by atoms with Crippen LogP contribution in [0.3, 0.4) is 0 Å². The zero-order valence-electron chi connectivity index (χ0n) is 13.5. The first-order chi connectivity index (χ1) is 12.5. The van der Waals surface area contributed by atoms with E-state index in [1.807, 2.05) is 0 Å². The molecule has 4 nitrogen and oxygen atoms in total. The van der Waals surface area contributed by atoms with Gasteiger partial charge in [0, 0.05) is 11.8 Å². The number of halogens is 3. The Kier molecular flexibility index (Phi) is 5.14. The average molecular weight is 376 g/mol. The molecule has 0 aliphatic rings. The van der Waals surface area contributed by atoms with Crippen LogP contribution in [0.15, 0.2) is 54.9 Å². The maximum absolute atomic E-state index is 14.1. The molecule has 0 bridgehead atoms. The summed E-state index contributed by atoms with van der Waals surface area (Å²) in [6.07, 6.45) is 2.13. The topological polar surface area (TPSA) is 48.4 Å². The molecule has 132 valence electrons. The lowest BCUT2D eigenvalue weighted by molar-refractivity contribution is 0.103. The predicted molar refractivity (Wildman–Crippen MR) is 92.1 cm³/mol. The Balaban J connectivity index is 1.83. The van der Waals surface area contributed by atoms with Crippen molar-refractivity contribution in [3.05, 3.63) is 82.6 Å². The Morgan fingerprint density at radius 3 is 2.42 bits per heavy atom. The fourth-order valence-corrected chi connectivity index (χ4v) is 2.44. The number of rotatable bonds is 5. The third kappa shape index (κ3) is 3.50. The third-order valence-corrected chi connectivity index (χ3v) is 3.96. The van der Waals surface area contributed by atoms with E-state index >= 15 is 0 Å². The van der Waals surface area contributed by atoms with Crippen molar-refractivity contribution in [3.8, 4) is 17.2 Å². The maximum Gasteiger partial charge on any atom is 0.207 e. The monoisotopic (exact) mass is 375 g/mol. The van der Waals surface area contributed by atoms with Gasteiger partial charge in [-0.15, -0.1) is 0 Å². The molecule has 0 saturated carbocycles. The highest BCUT2D eigenvalue weighted by Crippen LogP contribution is 2.30. The second-order valence-electron chi connectivity index (χ2n) is 5.21. The largest absolute Gasteiger partial charge is 0.494 e. The molecule has 3 rings (SSSR count). The molecule has 0 saturated heterocycles. The zero-order valence-corrected chi connectivity index (χ0v) is 14.3. The quantitative estimate of drug-likeness (QED) is 0.586. The standard InChI is InChI=1S/C19H12ClF2NO3/c1-25-15-3-2-4-16(18(15)22)26-12-7-5-11(6-8-12)19(24)13-9-23-10-14(21)17(13)20/h2-10H,1H3. The van der Waals surface area contributed by atoms with Gasteiger partial charge in [0.2, 0.25) is 5.82 Å². The Bertz CT molecular complexity index is 961. The van der Waals surface area contributed by atoms with Crippen molar-refractivity contribution in [3.63, 3.8) is 0 Å². The fraction of sp³-hybridized carbons (Fsp3) is 0.0526. The summed E-state index contributed by atoms with van der Waals surface area (Å²) < 4.78 is 37.9. The van der Waals surface area contributed by atoms with Crippen LogP contribution in [0, 0.1) is 11.6 Å². The summed E-state index contributed by atoms with van der Waals surface area (Å²) >= 11 is 5.81. The van der Waals surface area contributed by atoms with Crippen LogP contribution in [0.4, 0.5) is 8.78 Å². The third-order valence-electron chi connectivity index (χ3n) is 3.57. The number of benzene rings is 2. The summed E-state index contributed by atoms with van der Waals surface area (Å²) in [6, 6.07) is 10.4. The Hall–Kier alpha value is -2.99. The minimum absolute atomic E-state index is 0.0131. The van der Waals surface area contributed by atoms with Crippen LogP contribution >= 0.6 is 11.6 Å². The van der Waals surface area contributed by atoms with Crippen molar-refractivity contribution in [2.45, 2.75) is 0 Å². The molecule has 0 spiro atoms. The lowest BCUT2D eigenvalue weighted by Crippen LogP contribution is -2.04. The maximum atomic E-state index is 14.1. The molecule has 0 aliphatic heterocycles. The number of hydrogen-bond acceptors (Lipinski definition) is 4. The molecule has 1 heterocycles. The first-order valence-electron chi connectivity index (χ1n) is 7.45. The van der Waals surface area contributed by atoms with Crippen molar-refractivity contribution in [2.24, 2.45) is 0 Å². The predicted octanol–water partition coefficient (Wildman–Crippen LogP) is 5.05. The van der Waals surface area contributed by atoms with Crippen LogP contribution in [-0.2, 0) is 0 Å². The molecule has 0 radical (unpaired) electrons. The molecular weight excluding hydrogens is 364 g/mol. The van der Waals surface area contributed by atoms with E-state index in [2.05, 4.69) is 4.98 Å². The first kappa shape index (κ1) is 17.8. The summed E-state index contributed by atoms with van der Waals surface area (Å²) in [5, 5.41) is -0.288. The number of carbonyl (C=O) groups is 1. The van der Waals surface area contributed by atoms with Crippen LogP contribution in [-0.4, -0.2) is 17.9 Å². The molecule has 3 aromatic rings. The van der Waals surface area contributed by atoms with Crippen molar-refractivity contribution < 1.29 is 23.0 Å². The van der Waals surface area contributed by atoms with Crippen LogP contribution in [0.2, 0.25) is 5.02 Å². The normalized spacial score (nSPS) is 10.5. The summed E-state index contributed by atoms with van der Waals surface area (Å²) in [5.41, 5.74) is 0.219. The SMILES string of the molecule is COc1cccc(Oc2ccc(C(=O)c3cncc(F)c3Cl)cc2)c1F. The Morgan fingerprint density at radius 1 is 1.04 bits per heavy atom. The highest BCUT2D eigenvalue weighted by molar-refractivity contribution is 6.35. The van der Waals surface area contributed by atoms with Gasteiger partial charge >= 0.3 is 0 Å². The van der Waals surface area contributed by atoms with E-state index in [0.717, 1.165) is 6.20 Å². The van der Waals surface area contributed by atoms with Crippen LogP contribution in [0.5, 0.6) is 17.2 Å². The van der Waals surface area contributed by atoms with Gasteiger partial charge in [-0.05, 0) is 36.4 Å². The number of nitrogens with zero attached hydrogens (tertiary/aromatic N) is 1. The summed E-state index contributed by atoms with van der Waals surface area (Å²) in [6.45, 7) is 0. The fourth-order valence-electron chi connectivity index (χ4n) is 2.26. The molecule has 1 aromatic heterocycles. The summed E-state index contributed by atoms with van der Waals surface area (Å²) in [7, 11) is 1.36. The van der Waals surface area contributed by atoms with Crippen LogP contribution in [0.25, 0.3) is 0 Å². The Labute approximate surface area is 153 Å². The number of pyridine rings is 1. The van der Waals surface area contributed by atoms with E-state index in [1.54, 1.807) is 6.07 Å². The molecule has 7 heteroatoms. The minimum Gasteiger partial charge on any atom is -0.494 e. The van der Waals surface area contributed by atoms with Gasteiger partial charge in [0.1, 0.15) is 5.75 Å². The van der Waals surface area contributed by atoms with E-state index in [1.165, 1.54) is 49.7 Å². The van der Waals surface area contributed by atoms with Crippen molar-refractivity contribution in [2.75, 3.05) is 7.11 Å². The molecular formula is C19H12ClF2NO3. The Morgan fingerprint density at radius 2 is 1.73 bits per heavy atom. The molecule has 0 unspecified atom stereocenters. The smallest absolute Gasteiger partial charge is 0.207 e. The van der Waals surface area contributed by atoms with Crippen molar-refractivity contribution >= 4 is 17.4 Å². The molecule has 0 amide bonds. The van der Waals surface area contributed by atoms with E-state index in [4.69, 9.17) is 21.1 Å². The lowest BCUT2D eigenvalue weighted by Gasteiger charge is -2.10. The van der Waals surface area contributed by atoms with Crippen molar-refractivity contribution in [1.29, 1.82) is 0 Å². The number of ketones is 1. The highest BCUT2D eigenvalue weighted by Gasteiger charge is 2.17. The average Bonchev–Trinajstić information content (AvgIpc) is 2.66. The number of ether oxygens (including phenoxy) is 2. The van der Waals surface area contributed by atoms with Crippen LogP contribution < -0.4 is 9.47 Å². The van der Waals surface area contributed by atoms with Crippen LogP contribution in [0.1, 0.15) is 15.9 Å². The lowest BCUT2D eigenvalue weighted by atomic mass is 10.0. The van der Waals surface area contributed by atoms with Gasteiger partial charge in [0.25, 0.3) is 0 Å². The minimum atomic E-state index is -0.772. The second-order valence-corrected chi connectivity index (χ2v) is 5.59. The number of aromatic nitrogens is 1. The van der Waals surface area contributed by atoms with E-state index in [9.17, 15) is 13.6 Å². The van der Waals surface area contributed by atoms with E-state index in [0.29, 0.717) is 5.75 Å². The second kappa shape index (κ2) is 7.49. The number of hydrogen-bond donors (Lipinski definition) is 0. The van der Waals surface area contributed by atoms with Gasteiger partial charge in [0.15, 0.2) is 23.1 Å². The molecule has 0 N–H and O–H groups in total. The molecule has 26 heavy (non-hydrogen) atoms. The molecule has 0 atom stereocenters. The van der Waals surface area contributed by atoms with Gasteiger partial charge < -0.3 is 9.47 Å². The first-order valence-corrected chi connectivity index (χ1v) is 7.83. The molecule has 2 aromatic carbocycles. The van der Waals surface area contributed by atoms with Gasteiger partial charge in [0.05, 0.1) is 23.9 Å². The number of carbonyl (C=O) groups excluding carboxylic acids is 1. The van der Waals surface area contributed by atoms with Gasteiger partial charge in [-0.2, -0.15) is 4.39 Å². The van der Waals surface area contributed by atoms with Gasteiger partial charge in [-0.3, -0.25) is 9.78 Å². The van der Waals surface area contributed by atoms with E-state index in [-0.39, 0.29) is 27.6 Å². The molecule has 0 fully saturated rings. The van der Waals surface area contributed by atoms with Gasteiger partial charge in [-0.25, -0.2) is 4.39 Å².